The van der Waals surface area contributed by atoms with Crippen molar-refractivity contribution in [3.8, 4) is 0 Å². The maximum atomic E-state index is 12.7. The van der Waals surface area contributed by atoms with E-state index in [1.165, 1.54) is 6.08 Å². The van der Waals surface area contributed by atoms with Gasteiger partial charge < -0.3 is 20.3 Å². The number of aliphatic hydroxyl groups excluding tert-OH is 1. The Hall–Kier alpha value is -2.15. The molecule has 3 N–H and O–H groups in total. The number of carbonyl (C=O) groups is 2. The molecule has 0 aliphatic carbocycles. The van der Waals surface area contributed by atoms with Gasteiger partial charge in [-0.05, 0) is 43.7 Å². The van der Waals surface area contributed by atoms with E-state index >= 15 is 0 Å². The lowest BCUT2D eigenvalue weighted by Gasteiger charge is -2.26. The molecule has 0 bridgehead atoms. The summed E-state index contributed by atoms with van der Waals surface area (Å²) in [4.78, 5) is 24.6. The zero-order valence-corrected chi connectivity index (χ0v) is 22.4. The molecule has 0 radical (unpaired) electrons. The zero-order chi connectivity index (χ0) is 25.2. The van der Waals surface area contributed by atoms with Crippen molar-refractivity contribution in [1.29, 1.82) is 0 Å². The first-order valence-corrected chi connectivity index (χ1v) is 11.4. The van der Waals surface area contributed by atoms with E-state index in [9.17, 15) is 14.7 Å². The lowest BCUT2D eigenvalue weighted by molar-refractivity contribution is -0.153. The van der Waals surface area contributed by atoms with Crippen LogP contribution in [0.4, 0.5) is 0 Å². The van der Waals surface area contributed by atoms with Gasteiger partial charge in [-0.2, -0.15) is 0 Å². The normalized spacial score (nSPS) is 15.0. The highest BCUT2D eigenvalue weighted by molar-refractivity contribution is 5.85. The van der Waals surface area contributed by atoms with Gasteiger partial charge in [0.15, 0.2) is 0 Å². The number of nitrogens with two attached hydrogens (primary N) is 1. The maximum Gasteiger partial charge on any atom is 0.330 e. The molecule has 0 saturated carbocycles. The minimum atomic E-state index is -0.718. The van der Waals surface area contributed by atoms with E-state index in [4.69, 9.17) is 15.2 Å². The van der Waals surface area contributed by atoms with Gasteiger partial charge in [-0.1, -0.05) is 70.2 Å². The van der Waals surface area contributed by atoms with Crippen molar-refractivity contribution in [3.63, 3.8) is 0 Å². The Bertz CT molecular complexity index is 819. The van der Waals surface area contributed by atoms with Gasteiger partial charge in [-0.3, -0.25) is 4.79 Å². The minimum absolute atomic E-state index is 0. The summed E-state index contributed by atoms with van der Waals surface area (Å²) in [6.45, 7) is 13.4. The molecule has 0 saturated heterocycles. The Kier molecular flexibility index (Phi) is 13.4. The van der Waals surface area contributed by atoms with Gasteiger partial charge in [0.25, 0.3) is 0 Å². The second kappa shape index (κ2) is 14.3. The molecule has 3 atom stereocenters. The van der Waals surface area contributed by atoms with Crippen LogP contribution < -0.4 is 5.73 Å². The lowest BCUT2D eigenvalue weighted by Crippen LogP contribution is -2.39. The molecular weight excluding hydrogens is 454 g/mol. The van der Waals surface area contributed by atoms with Crippen LogP contribution >= 0.6 is 12.4 Å². The Morgan fingerprint density at radius 3 is 2.18 bits per heavy atom. The Balaban J connectivity index is 0.0000109. The molecule has 0 fully saturated rings. The van der Waals surface area contributed by atoms with Gasteiger partial charge in [0, 0.05) is 18.4 Å². The smallest absolute Gasteiger partial charge is 0.330 e. The number of carbonyl (C=O) groups excluding carboxylic acids is 2. The van der Waals surface area contributed by atoms with Crippen LogP contribution in [0.15, 0.2) is 42.5 Å². The lowest BCUT2D eigenvalue weighted by atomic mass is 9.88. The number of hydrogen-bond donors (Lipinski definition) is 2. The standard InChI is InChI=1S/C27H41NO5.ClH/c1-19(11-12-20-13-15-21(18-29)16-14-20)23(9-8-10-24(30)33-27(5,6)7)32-25(31)22(28)17-26(2,3)4;/h8,10-16,19,22-23,29H,9,17-18,28H2,1-7H3;1H/t19-,22?,23+;/m1./s1. The summed E-state index contributed by atoms with van der Waals surface area (Å²) < 4.78 is 11.1. The third kappa shape index (κ3) is 13.5. The molecule has 34 heavy (non-hydrogen) atoms. The summed E-state index contributed by atoms with van der Waals surface area (Å²) in [7, 11) is 0. The van der Waals surface area contributed by atoms with E-state index in [-0.39, 0.29) is 30.3 Å². The number of benzene rings is 1. The van der Waals surface area contributed by atoms with Crippen LogP contribution in [0.1, 0.15) is 72.4 Å². The second-order valence-corrected chi connectivity index (χ2v) is 10.6. The van der Waals surface area contributed by atoms with Gasteiger partial charge in [0.05, 0.1) is 6.61 Å². The summed E-state index contributed by atoms with van der Waals surface area (Å²) in [5.74, 6) is -1.02. The number of hydrogen-bond acceptors (Lipinski definition) is 6. The molecule has 1 aromatic carbocycles. The Morgan fingerprint density at radius 2 is 1.68 bits per heavy atom. The van der Waals surface area contributed by atoms with E-state index in [1.807, 2.05) is 64.1 Å². The third-order valence-corrected chi connectivity index (χ3v) is 4.77. The maximum absolute atomic E-state index is 12.7. The van der Waals surface area contributed by atoms with Crippen LogP contribution in [-0.4, -0.2) is 34.8 Å². The summed E-state index contributed by atoms with van der Waals surface area (Å²) in [6.07, 6.45) is 7.31. The van der Waals surface area contributed by atoms with E-state index in [0.717, 1.165) is 11.1 Å². The number of rotatable bonds is 10. The van der Waals surface area contributed by atoms with E-state index in [0.29, 0.717) is 12.8 Å². The van der Waals surface area contributed by atoms with Gasteiger partial charge in [-0.25, -0.2) is 4.79 Å². The molecule has 1 unspecified atom stereocenters. The predicted molar refractivity (Wildman–Crippen MR) is 139 cm³/mol. The highest BCUT2D eigenvalue weighted by atomic mass is 35.5. The van der Waals surface area contributed by atoms with Crippen LogP contribution in [-0.2, 0) is 25.7 Å². The van der Waals surface area contributed by atoms with Crippen LogP contribution in [0.5, 0.6) is 0 Å². The fraction of sp³-hybridized carbons (Fsp3) is 0.556. The van der Waals surface area contributed by atoms with Crippen molar-refractivity contribution in [3.05, 3.63) is 53.6 Å². The second-order valence-electron chi connectivity index (χ2n) is 10.6. The average molecular weight is 496 g/mol. The van der Waals surface area contributed by atoms with Crippen molar-refractivity contribution in [2.24, 2.45) is 17.1 Å². The van der Waals surface area contributed by atoms with Gasteiger partial charge in [-0.15, -0.1) is 12.4 Å². The number of esters is 2. The predicted octanol–water partition coefficient (Wildman–Crippen LogP) is 5.21. The van der Waals surface area contributed by atoms with Crippen LogP contribution in [0.2, 0.25) is 0 Å². The third-order valence-electron chi connectivity index (χ3n) is 4.77. The molecule has 192 valence electrons. The molecule has 0 amide bonds. The zero-order valence-electron chi connectivity index (χ0n) is 21.5. The topological polar surface area (TPSA) is 98.9 Å². The molecule has 0 aliphatic heterocycles. The van der Waals surface area contributed by atoms with Crippen molar-refractivity contribution in [1.82, 2.24) is 0 Å². The average Bonchev–Trinajstić information content (AvgIpc) is 2.68. The van der Waals surface area contributed by atoms with Crippen molar-refractivity contribution in [2.45, 2.75) is 85.7 Å². The SMILES string of the molecule is C[C@H](C=Cc1ccc(CO)cc1)[C@H](CC=CC(=O)OC(C)(C)C)OC(=O)C(N)CC(C)(C)C.Cl. The van der Waals surface area contributed by atoms with Crippen molar-refractivity contribution < 1.29 is 24.2 Å². The van der Waals surface area contributed by atoms with Gasteiger partial charge in [0.2, 0.25) is 0 Å². The Labute approximate surface area is 211 Å². The summed E-state index contributed by atoms with van der Waals surface area (Å²) in [6, 6.07) is 6.83. The monoisotopic (exact) mass is 495 g/mol. The number of aliphatic hydroxyl groups is 1. The Morgan fingerprint density at radius 1 is 1.09 bits per heavy atom. The van der Waals surface area contributed by atoms with Gasteiger partial charge >= 0.3 is 11.9 Å². The molecule has 0 heterocycles. The molecule has 0 aliphatic rings. The molecular formula is C27H42ClNO5. The molecule has 0 spiro atoms. The van der Waals surface area contributed by atoms with Gasteiger partial charge in [0.1, 0.15) is 17.7 Å². The fourth-order valence-electron chi connectivity index (χ4n) is 3.10. The summed E-state index contributed by atoms with van der Waals surface area (Å²) in [5, 5.41) is 9.19. The molecule has 6 nitrogen and oxygen atoms in total. The largest absolute Gasteiger partial charge is 0.460 e. The number of ether oxygens (including phenoxy) is 2. The molecule has 1 rings (SSSR count). The summed E-state index contributed by atoms with van der Waals surface area (Å²) >= 11 is 0. The first-order valence-electron chi connectivity index (χ1n) is 11.4. The van der Waals surface area contributed by atoms with Crippen LogP contribution in [0.3, 0.4) is 0 Å². The van der Waals surface area contributed by atoms with Crippen molar-refractivity contribution >= 4 is 30.4 Å². The summed E-state index contributed by atoms with van der Waals surface area (Å²) in [5.41, 5.74) is 7.22. The molecule has 0 aromatic heterocycles. The van der Waals surface area contributed by atoms with E-state index in [1.54, 1.807) is 26.8 Å². The van der Waals surface area contributed by atoms with Crippen LogP contribution in [0, 0.1) is 11.3 Å². The fourth-order valence-corrected chi connectivity index (χ4v) is 3.10. The first-order chi connectivity index (χ1) is 15.2. The van der Waals surface area contributed by atoms with Crippen LogP contribution in [0.25, 0.3) is 6.08 Å². The number of halogens is 1. The van der Waals surface area contributed by atoms with E-state index < -0.39 is 29.7 Å². The highest BCUT2D eigenvalue weighted by Gasteiger charge is 2.26. The highest BCUT2D eigenvalue weighted by Crippen LogP contribution is 2.22. The molecule has 7 heteroatoms. The first kappa shape index (κ1) is 31.9. The minimum Gasteiger partial charge on any atom is -0.460 e. The van der Waals surface area contributed by atoms with Crippen molar-refractivity contribution in [2.75, 3.05) is 0 Å². The van der Waals surface area contributed by atoms with E-state index in [2.05, 4.69) is 0 Å². The molecule has 1 aromatic rings. The quantitative estimate of drug-likeness (QED) is 0.341.